The van der Waals surface area contributed by atoms with Gasteiger partial charge in [0, 0.05) is 24.9 Å². The van der Waals surface area contributed by atoms with Crippen molar-refractivity contribution in [1.29, 1.82) is 0 Å². The van der Waals surface area contributed by atoms with Gasteiger partial charge in [0.15, 0.2) is 0 Å². The lowest BCUT2D eigenvalue weighted by atomic mass is 10.2. The number of rotatable bonds is 3. The van der Waals surface area contributed by atoms with E-state index in [0.717, 1.165) is 11.5 Å². The molecule has 2 aromatic heterocycles. The van der Waals surface area contributed by atoms with Crippen LogP contribution in [0.1, 0.15) is 26.4 Å². The summed E-state index contributed by atoms with van der Waals surface area (Å²) in [5.41, 5.74) is 0.140. The number of amides is 1. The highest BCUT2D eigenvalue weighted by Gasteiger charge is 2.19. The molecular formula is C12H11N3O4S. The van der Waals surface area contributed by atoms with E-state index < -0.39 is 11.9 Å². The monoisotopic (exact) mass is 293 g/mol. The molecule has 0 saturated heterocycles. The highest BCUT2D eigenvalue weighted by atomic mass is 32.1. The molecule has 0 unspecified atom stereocenters. The van der Waals surface area contributed by atoms with Crippen LogP contribution in [-0.4, -0.2) is 25.9 Å². The van der Waals surface area contributed by atoms with Gasteiger partial charge in [0.05, 0.1) is 5.69 Å². The van der Waals surface area contributed by atoms with Gasteiger partial charge in [0.2, 0.25) is 0 Å². The van der Waals surface area contributed by atoms with E-state index in [-0.39, 0.29) is 21.7 Å². The Morgan fingerprint density at radius 1 is 1.45 bits per heavy atom. The van der Waals surface area contributed by atoms with Crippen LogP contribution in [0.3, 0.4) is 0 Å². The number of aromatic carboxylic acids is 1. The number of carboxylic acids is 1. The van der Waals surface area contributed by atoms with Crippen molar-refractivity contribution in [2.24, 2.45) is 7.05 Å². The molecule has 2 aromatic rings. The Morgan fingerprint density at radius 3 is 2.75 bits per heavy atom. The molecule has 104 valence electrons. The molecule has 20 heavy (non-hydrogen) atoms. The third-order valence-electron chi connectivity index (χ3n) is 2.67. The third-order valence-corrected chi connectivity index (χ3v) is 3.52. The number of carbonyl (C=O) groups excluding carboxylic acids is 1. The molecule has 7 nitrogen and oxygen atoms in total. The number of carbonyl (C=O) groups is 2. The van der Waals surface area contributed by atoms with Crippen molar-refractivity contribution in [3.05, 3.63) is 45.5 Å². The average molecular weight is 293 g/mol. The molecule has 0 aliphatic heterocycles. The van der Waals surface area contributed by atoms with Gasteiger partial charge in [-0.3, -0.25) is 9.59 Å². The van der Waals surface area contributed by atoms with Crippen molar-refractivity contribution in [3.63, 3.8) is 0 Å². The largest absolute Gasteiger partial charge is 0.478 e. The number of pyridine rings is 1. The lowest BCUT2D eigenvalue weighted by molar-refractivity contribution is 0.0697. The van der Waals surface area contributed by atoms with Crippen molar-refractivity contribution in [1.82, 2.24) is 8.94 Å². The van der Waals surface area contributed by atoms with Crippen LogP contribution in [0.25, 0.3) is 0 Å². The number of anilines is 1. The number of carboxylic acid groups (broad SMARTS) is 1. The second-order valence-corrected chi connectivity index (χ2v) is 4.87. The zero-order valence-corrected chi connectivity index (χ0v) is 11.5. The second kappa shape index (κ2) is 5.25. The van der Waals surface area contributed by atoms with Crippen LogP contribution in [-0.2, 0) is 7.05 Å². The predicted octanol–water partition coefficient (Wildman–Crippen LogP) is 1.10. The molecular weight excluding hydrogens is 282 g/mol. The Hall–Kier alpha value is -2.48. The summed E-state index contributed by atoms with van der Waals surface area (Å²) in [6, 6.07) is 2.66. The maximum Gasteiger partial charge on any atom is 0.340 e. The fraction of sp³-hybridized carbons (Fsp3) is 0.167. The summed E-state index contributed by atoms with van der Waals surface area (Å²) in [4.78, 5) is 34.5. The molecule has 2 N–H and O–H groups in total. The molecule has 1 amide bonds. The van der Waals surface area contributed by atoms with Crippen LogP contribution in [0.2, 0.25) is 0 Å². The van der Waals surface area contributed by atoms with Crippen LogP contribution in [0, 0.1) is 6.92 Å². The predicted molar refractivity (Wildman–Crippen MR) is 73.4 cm³/mol. The van der Waals surface area contributed by atoms with Crippen molar-refractivity contribution in [2.75, 3.05) is 5.32 Å². The molecule has 0 aliphatic rings. The summed E-state index contributed by atoms with van der Waals surface area (Å²) in [5, 5.41) is 11.7. The standard InChI is InChI=1S/C12H11N3O4S/c1-6-9(12(18)19)11(20-14-6)13-10(17)7-3-4-15(2)8(16)5-7/h3-5H,1-2H3,(H,13,17)(H,18,19). The molecule has 0 aliphatic carbocycles. The number of nitrogens with zero attached hydrogens (tertiary/aromatic N) is 2. The first kappa shape index (κ1) is 13.9. The van der Waals surface area contributed by atoms with E-state index in [1.807, 2.05) is 0 Å². The quantitative estimate of drug-likeness (QED) is 0.882. The zero-order valence-electron chi connectivity index (χ0n) is 10.7. The Labute approximate surface area is 117 Å². The van der Waals surface area contributed by atoms with Crippen LogP contribution < -0.4 is 10.9 Å². The first-order valence-corrected chi connectivity index (χ1v) is 6.35. The van der Waals surface area contributed by atoms with Crippen LogP contribution in [0.4, 0.5) is 5.00 Å². The van der Waals surface area contributed by atoms with Gasteiger partial charge in [-0.1, -0.05) is 0 Å². The number of aryl methyl sites for hydroxylation is 2. The molecule has 2 rings (SSSR count). The average Bonchev–Trinajstić information content (AvgIpc) is 2.73. The smallest absolute Gasteiger partial charge is 0.340 e. The summed E-state index contributed by atoms with van der Waals surface area (Å²) >= 11 is 0.889. The number of hydrogen-bond acceptors (Lipinski definition) is 5. The minimum Gasteiger partial charge on any atom is -0.478 e. The van der Waals surface area contributed by atoms with Crippen molar-refractivity contribution >= 4 is 28.4 Å². The van der Waals surface area contributed by atoms with Crippen molar-refractivity contribution in [3.8, 4) is 0 Å². The minimum atomic E-state index is -1.16. The SMILES string of the molecule is Cc1nsc(NC(=O)c2ccn(C)c(=O)c2)c1C(=O)O. The topological polar surface area (TPSA) is 101 Å². The Morgan fingerprint density at radius 2 is 2.15 bits per heavy atom. The maximum atomic E-state index is 12.0. The van der Waals surface area contributed by atoms with Gasteiger partial charge in [0.1, 0.15) is 10.6 Å². The van der Waals surface area contributed by atoms with Gasteiger partial charge in [0.25, 0.3) is 11.5 Å². The molecule has 0 saturated carbocycles. The van der Waals surface area contributed by atoms with E-state index in [1.165, 1.54) is 22.9 Å². The van der Waals surface area contributed by atoms with E-state index in [1.54, 1.807) is 14.0 Å². The maximum absolute atomic E-state index is 12.0. The van der Waals surface area contributed by atoms with Gasteiger partial charge in [-0.15, -0.1) is 0 Å². The van der Waals surface area contributed by atoms with E-state index in [4.69, 9.17) is 5.11 Å². The summed E-state index contributed by atoms with van der Waals surface area (Å²) in [7, 11) is 1.57. The van der Waals surface area contributed by atoms with Gasteiger partial charge in [-0.2, -0.15) is 4.37 Å². The molecule has 0 spiro atoms. The third kappa shape index (κ3) is 2.59. The van der Waals surface area contributed by atoms with E-state index in [2.05, 4.69) is 9.69 Å². The normalized spacial score (nSPS) is 10.3. The number of aromatic nitrogens is 2. The number of hydrogen-bond donors (Lipinski definition) is 2. The van der Waals surface area contributed by atoms with E-state index >= 15 is 0 Å². The lowest BCUT2D eigenvalue weighted by Gasteiger charge is -2.04. The van der Waals surface area contributed by atoms with E-state index in [0.29, 0.717) is 5.69 Å². The van der Waals surface area contributed by atoms with Gasteiger partial charge in [-0.25, -0.2) is 4.79 Å². The Kier molecular flexibility index (Phi) is 3.66. The van der Waals surface area contributed by atoms with Crippen molar-refractivity contribution in [2.45, 2.75) is 6.92 Å². The number of nitrogens with one attached hydrogen (secondary N) is 1. The molecule has 0 atom stereocenters. The van der Waals surface area contributed by atoms with Crippen LogP contribution >= 0.6 is 11.5 Å². The summed E-state index contributed by atoms with van der Waals surface area (Å²) in [6.07, 6.45) is 1.47. The summed E-state index contributed by atoms with van der Waals surface area (Å²) in [6.45, 7) is 1.55. The van der Waals surface area contributed by atoms with Gasteiger partial charge in [-0.05, 0) is 24.5 Å². The molecule has 8 heteroatoms. The first-order chi connectivity index (χ1) is 9.40. The van der Waals surface area contributed by atoms with Gasteiger partial charge >= 0.3 is 5.97 Å². The lowest BCUT2D eigenvalue weighted by Crippen LogP contribution is -2.20. The summed E-state index contributed by atoms with van der Waals surface area (Å²) < 4.78 is 5.23. The minimum absolute atomic E-state index is 0.0350. The van der Waals surface area contributed by atoms with Gasteiger partial charge < -0.3 is 15.0 Å². The molecule has 0 aromatic carbocycles. The van der Waals surface area contributed by atoms with Crippen molar-refractivity contribution < 1.29 is 14.7 Å². The highest BCUT2D eigenvalue weighted by Crippen LogP contribution is 2.24. The van der Waals surface area contributed by atoms with E-state index in [9.17, 15) is 14.4 Å². The Balaban J connectivity index is 2.30. The van der Waals surface area contributed by atoms with Crippen LogP contribution in [0.15, 0.2) is 23.1 Å². The zero-order chi connectivity index (χ0) is 14.9. The van der Waals surface area contributed by atoms with Crippen LogP contribution in [0.5, 0.6) is 0 Å². The fourth-order valence-electron chi connectivity index (χ4n) is 1.57. The second-order valence-electron chi connectivity index (χ2n) is 4.10. The summed E-state index contributed by atoms with van der Waals surface area (Å²) in [5.74, 6) is -1.70. The molecule has 2 heterocycles. The Bertz CT molecular complexity index is 747. The molecule has 0 fully saturated rings. The molecule has 0 bridgehead atoms. The molecule has 0 radical (unpaired) electrons. The first-order valence-electron chi connectivity index (χ1n) is 5.57. The highest BCUT2D eigenvalue weighted by molar-refractivity contribution is 7.11. The fourth-order valence-corrected chi connectivity index (χ4v) is 2.36.